The lowest BCUT2D eigenvalue weighted by atomic mass is 9.92. The van der Waals surface area contributed by atoms with Crippen molar-refractivity contribution in [1.29, 1.82) is 0 Å². The van der Waals surface area contributed by atoms with Crippen LogP contribution in [0, 0.1) is 0 Å². The fourth-order valence-corrected chi connectivity index (χ4v) is 2.94. The number of likely N-dealkylation sites (N-methyl/N-ethyl adjacent to an activating group) is 1. The Kier molecular flexibility index (Phi) is 4.88. The average Bonchev–Trinajstić information content (AvgIpc) is 2.50. The summed E-state index contributed by atoms with van der Waals surface area (Å²) in [4.78, 5) is 28.8. The first kappa shape index (κ1) is 16.2. The lowest BCUT2D eigenvalue weighted by molar-refractivity contribution is -0.157. The van der Waals surface area contributed by atoms with Gasteiger partial charge >= 0.3 is 0 Å². The summed E-state index contributed by atoms with van der Waals surface area (Å²) in [5.41, 5.74) is -0.789. The number of hydrogen-bond donors (Lipinski definition) is 1. The number of nitrogens with zero attached hydrogens (tertiary/aromatic N) is 2. The summed E-state index contributed by atoms with van der Waals surface area (Å²) in [5.74, 6) is -0.0866. The van der Waals surface area contributed by atoms with Crippen molar-refractivity contribution in [2.75, 3.05) is 32.8 Å². The summed E-state index contributed by atoms with van der Waals surface area (Å²) in [7, 11) is 0. The molecule has 0 saturated carbocycles. The number of morpholine rings is 1. The number of hydrogen-bond acceptors (Lipinski definition) is 4. The summed E-state index contributed by atoms with van der Waals surface area (Å²) in [6, 6.07) is -0.433. The second kappa shape index (κ2) is 6.32. The number of carbonyl (C=O) groups is 2. The Balaban J connectivity index is 2.09. The molecule has 0 aliphatic carbocycles. The average molecular weight is 297 g/mol. The minimum Gasteiger partial charge on any atom is -0.374 e. The van der Waals surface area contributed by atoms with E-state index < -0.39 is 11.6 Å². The lowest BCUT2D eigenvalue weighted by Gasteiger charge is -2.45. The van der Waals surface area contributed by atoms with Crippen LogP contribution >= 0.6 is 0 Å². The van der Waals surface area contributed by atoms with Gasteiger partial charge in [0.2, 0.25) is 11.8 Å². The van der Waals surface area contributed by atoms with Crippen molar-refractivity contribution in [3.8, 4) is 0 Å². The van der Waals surface area contributed by atoms with Crippen LogP contribution in [0.5, 0.6) is 0 Å². The number of ether oxygens (including phenoxy) is 1. The smallest absolute Gasteiger partial charge is 0.248 e. The van der Waals surface area contributed by atoms with E-state index in [1.54, 1.807) is 18.7 Å². The van der Waals surface area contributed by atoms with E-state index in [-0.39, 0.29) is 17.9 Å². The fourth-order valence-electron chi connectivity index (χ4n) is 2.94. The molecular weight excluding hydrogens is 270 g/mol. The summed E-state index contributed by atoms with van der Waals surface area (Å²) in [5, 5.41) is 2.85. The Morgan fingerprint density at radius 1 is 1.38 bits per heavy atom. The van der Waals surface area contributed by atoms with Gasteiger partial charge in [-0.2, -0.15) is 0 Å². The molecule has 6 heteroatoms. The molecule has 2 saturated heterocycles. The molecular formula is C15H27N3O3. The highest BCUT2D eigenvalue weighted by Gasteiger charge is 2.46. The van der Waals surface area contributed by atoms with Crippen molar-refractivity contribution >= 4 is 11.8 Å². The van der Waals surface area contributed by atoms with Crippen molar-refractivity contribution in [3.63, 3.8) is 0 Å². The maximum Gasteiger partial charge on any atom is 0.248 e. The van der Waals surface area contributed by atoms with E-state index in [1.165, 1.54) is 0 Å². The van der Waals surface area contributed by atoms with Crippen molar-refractivity contribution in [1.82, 2.24) is 15.1 Å². The van der Waals surface area contributed by atoms with Crippen LogP contribution in [-0.2, 0) is 14.3 Å². The zero-order chi connectivity index (χ0) is 15.6. The van der Waals surface area contributed by atoms with E-state index in [0.29, 0.717) is 19.6 Å². The quantitative estimate of drug-likeness (QED) is 0.806. The third kappa shape index (κ3) is 3.21. The molecule has 0 aromatic rings. The van der Waals surface area contributed by atoms with Crippen LogP contribution in [0.4, 0.5) is 0 Å². The third-order valence-electron chi connectivity index (χ3n) is 4.76. The largest absolute Gasteiger partial charge is 0.374 e. The maximum absolute atomic E-state index is 12.7. The maximum atomic E-state index is 12.7. The van der Waals surface area contributed by atoms with Gasteiger partial charge in [-0.3, -0.25) is 14.5 Å². The molecule has 3 atom stereocenters. The Morgan fingerprint density at radius 3 is 2.71 bits per heavy atom. The van der Waals surface area contributed by atoms with Crippen molar-refractivity contribution in [2.45, 2.75) is 51.8 Å². The first-order valence-electron chi connectivity index (χ1n) is 7.88. The van der Waals surface area contributed by atoms with E-state index in [9.17, 15) is 9.59 Å². The molecule has 3 unspecified atom stereocenters. The van der Waals surface area contributed by atoms with Gasteiger partial charge in [-0.1, -0.05) is 13.8 Å². The van der Waals surface area contributed by atoms with Gasteiger partial charge in [-0.15, -0.1) is 0 Å². The van der Waals surface area contributed by atoms with Crippen LogP contribution in [-0.4, -0.2) is 72.1 Å². The molecule has 2 aliphatic rings. The molecule has 0 bridgehead atoms. The number of carbonyl (C=O) groups excluding carboxylic acids is 2. The van der Waals surface area contributed by atoms with Gasteiger partial charge in [0, 0.05) is 19.6 Å². The van der Waals surface area contributed by atoms with Crippen LogP contribution in [0.3, 0.4) is 0 Å². The van der Waals surface area contributed by atoms with Gasteiger partial charge < -0.3 is 15.0 Å². The first-order valence-corrected chi connectivity index (χ1v) is 7.88. The van der Waals surface area contributed by atoms with Crippen LogP contribution in [0.15, 0.2) is 0 Å². The minimum absolute atomic E-state index is 0.00526. The molecule has 0 radical (unpaired) electrons. The predicted octanol–water partition coefficient (Wildman–Crippen LogP) is 0.223. The van der Waals surface area contributed by atoms with E-state index in [4.69, 9.17) is 4.74 Å². The molecule has 2 rings (SSSR count). The van der Waals surface area contributed by atoms with E-state index in [0.717, 1.165) is 19.6 Å². The SMILES string of the molecule is CCN1CCOC(CN2C(=O)C(C)(CC)NC(=O)C2C)C1. The summed E-state index contributed by atoms with van der Waals surface area (Å²) in [6.07, 6.45) is 0.574. The monoisotopic (exact) mass is 297 g/mol. The van der Waals surface area contributed by atoms with Gasteiger partial charge in [-0.25, -0.2) is 0 Å². The third-order valence-corrected chi connectivity index (χ3v) is 4.76. The first-order chi connectivity index (χ1) is 9.91. The number of amides is 2. The van der Waals surface area contributed by atoms with Gasteiger partial charge in [0.05, 0.1) is 12.7 Å². The van der Waals surface area contributed by atoms with Crippen LogP contribution < -0.4 is 5.32 Å². The summed E-state index contributed by atoms with van der Waals surface area (Å²) in [6.45, 7) is 11.5. The van der Waals surface area contributed by atoms with Crippen molar-refractivity contribution in [3.05, 3.63) is 0 Å². The number of piperazine rings is 1. The number of rotatable bonds is 4. The van der Waals surface area contributed by atoms with Gasteiger partial charge in [0.25, 0.3) is 0 Å². The van der Waals surface area contributed by atoms with Crippen LogP contribution in [0.25, 0.3) is 0 Å². The second-order valence-electron chi connectivity index (χ2n) is 6.19. The number of nitrogens with one attached hydrogen (secondary N) is 1. The van der Waals surface area contributed by atoms with Crippen molar-refractivity contribution in [2.24, 2.45) is 0 Å². The highest BCUT2D eigenvalue weighted by atomic mass is 16.5. The minimum atomic E-state index is -0.789. The van der Waals surface area contributed by atoms with E-state index in [1.807, 2.05) is 6.92 Å². The molecule has 2 aliphatic heterocycles. The van der Waals surface area contributed by atoms with Gasteiger partial charge in [0.1, 0.15) is 11.6 Å². The molecule has 0 spiro atoms. The molecule has 21 heavy (non-hydrogen) atoms. The summed E-state index contributed by atoms with van der Waals surface area (Å²) >= 11 is 0. The van der Waals surface area contributed by atoms with Crippen molar-refractivity contribution < 1.29 is 14.3 Å². The predicted molar refractivity (Wildman–Crippen MR) is 79.9 cm³/mol. The topological polar surface area (TPSA) is 61.9 Å². The Labute approximate surface area is 126 Å². The molecule has 2 amide bonds. The Bertz CT molecular complexity index is 415. The molecule has 120 valence electrons. The zero-order valence-corrected chi connectivity index (χ0v) is 13.5. The summed E-state index contributed by atoms with van der Waals surface area (Å²) < 4.78 is 5.78. The lowest BCUT2D eigenvalue weighted by Crippen LogP contribution is -2.69. The van der Waals surface area contributed by atoms with Crippen LogP contribution in [0.1, 0.15) is 34.1 Å². The molecule has 0 aromatic carbocycles. The highest BCUT2D eigenvalue weighted by molar-refractivity contribution is 5.99. The molecule has 2 heterocycles. The molecule has 2 fully saturated rings. The second-order valence-corrected chi connectivity index (χ2v) is 6.19. The van der Waals surface area contributed by atoms with E-state index in [2.05, 4.69) is 17.1 Å². The normalized spacial score (nSPS) is 35.0. The Hall–Kier alpha value is -1.14. The zero-order valence-electron chi connectivity index (χ0n) is 13.5. The highest BCUT2D eigenvalue weighted by Crippen LogP contribution is 2.22. The molecule has 0 aromatic heterocycles. The van der Waals surface area contributed by atoms with Gasteiger partial charge in [-0.05, 0) is 26.8 Å². The van der Waals surface area contributed by atoms with E-state index >= 15 is 0 Å². The standard InChI is InChI=1S/C15H27N3O3/c1-5-15(4)14(20)18(11(3)13(19)16-15)10-12-9-17(6-2)7-8-21-12/h11-12H,5-10H2,1-4H3,(H,16,19). The fraction of sp³-hybridized carbons (Fsp3) is 0.867. The van der Waals surface area contributed by atoms with Crippen LogP contribution in [0.2, 0.25) is 0 Å². The van der Waals surface area contributed by atoms with Gasteiger partial charge in [0.15, 0.2) is 0 Å². The molecule has 1 N–H and O–H groups in total. The molecule has 6 nitrogen and oxygen atoms in total. The Morgan fingerprint density at radius 2 is 2.10 bits per heavy atom.